The van der Waals surface area contributed by atoms with Crippen molar-refractivity contribution in [2.45, 2.75) is 26.1 Å². The number of nitrogens with zero attached hydrogens (tertiary/aromatic N) is 7. The monoisotopic (exact) mass is 504 g/mol. The van der Waals surface area contributed by atoms with Gasteiger partial charge in [0, 0.05) is 30.3 Å². The highest BCUT2D eigenvalue weighted by Gasteiger charge is 2.33. The smallest absolute Gasteiger partial charge is 0.416 e. The molecular weight excluding hydrogens is 479 g/mol. The minimum Gasteiger partial charge on any atom is -0.423 e. The van der Waals surface area contributed by atoms with E-state index in [1.54, 1.807) is 31.2 Å². The fraction of sp³-hybridized carbons (Fsp3) is 0.364. The first kappa shape index (κ1) is 26.0. The van der Waals surface area contributed by atoms with Crippen LogP contribution in [0.5, 0.6) is 0 Å². The Morgan fingerprint density at radius 1 is 1.29 bits per heavy atom. The van der Waals surface area contributed by atoms with Crippen LogP contribution in [0.2, 0.25) is 0 Å². The fourth-order valence-electron chi connectivity index (χ4n) is 3.35. The van der Waals surface area contributed by atoms with Crippen LogP contribution in [0.25, 0.3) is 22.6 Å². The number of anilines is 1. The number of hydrogen-bond acceptors (Lipinski definition) is 8. The first-order valence-electron chi connectivity index (χ1n) is 10.8. The molecule has 13 heteroatoms. The molecule has 35 heavy (non-hydrogen) atoms. The number of rotatable bonds is 8. The van der Waals surface area contributed by atoms with Crippen molar-refractivity contribution in [3.8, 4) is 22.6 Å². The van der Waals surface area contributed by atoms with Gasteiger partial charge < -0.3 is 15.0 Å². The molecule has 3 heterocycles. The Morgan fingerprint density at radius 2 is 2.09 bits per heavy atom. The summed E-state index contributed by atoms with van der Waals surface area (Å²) in [4.78, 5) is 32.9. The van der Waals surface area contributed by atoms with Crippen LogP contribution in [0.1, 0.15) is 13.3 Å². The van der Waals surface area contributed by atoms with E-state index in [0.717, 1.165) is 6.54 Å². The maximum atomic E-state index is 14.9. The summed E-state index contributed by atoms with van der Waals surface area (Å²) in [6, 6.07) is 7.88. The van der Waals surface area contributed by atoms with E-state index in [4.69, 9.17) is 4.74 Å². The average molecular weight is 505 g/mol. The summed E-state index contributed by atoms with van der Waals surface area (Å²) in [6.07, 6.45) is 0.392. The molecule has 1 aliphatic rings. The van der Waals surface area contributed by atoms with Crippen LogP contribution in [0.15, 0.2) is 36.5 Å². The standard InChI is InChI=1S/C22H25FN8O3.ClH/c1-4-19(32)25-20-13-30(22(33)34-20)15-6-7-16(17(23)11-15)14-5-8-18(24-12-14)21-26-28-31(27-21)10-9-29(2)3;/h5-8,11-12,20H,4,9-10,13H2,1-3H3,(H,25,32);1H/t20-;/m1./s1. The van der Waals surface area contributed by atoms with Gasteiger partial charge in [-0.15, -0.1) is 22.6 Å². The van der Waals surface area contributed by atoms with Crippen molar-refractivity contribution in [1.29, 1.82) is 0 Å². The lowest BCUT2D eigenvalue weighted by Crippen LogP contribution is -2.37. The lowest BCUT2D eigenvalue weighted by Gasteiger charge is -2.14. The van der Waals surface area contributed by atoms with Crippen LogP contribution in [0.4, 0.5) is 14.9 Å². The van der Waals surface area contributed by atoms with Crippen LogP contribution in [0.3, 0.4) is 0 Å². The highest BCUT2D eigenvalue weighted by molar-refractivity contribution is 5.90. The average Bonchev–Trinajstić information content (AvgIpc) is 3.44. The van der Waals surface area contributed by atoms with Crippen LogP contribution in [-0.4, -0.2) is 75.5 Å². The maximum absolute atomic E-state index is 14.9. The minimum atomic E-state index is -0.770. The summed E-state index contributed by atoms with van der Waals surface area (Å²) in [5, 5.41) is 15.0. The lowest BCUT2D eigenvalue weighted by molar-refractivity contribution is -0.123. The van der Waals surface area contributed by atoms with E-state index in [2.05, 4.69) is 25.7 Å². The molecule has 0 spiro atoms. The van der Waals surface area contributed by atoms with Gasteiger partial charge in [-0.05, 0) is 43.6 Å². The van der Waals surface area contributed by atoms with Crippen molar-refractivity contribution in [1.82, 2.24) is 35.4 Å². The largest absolute Gasteiger partial charge is 0.423 e. The molecule has 1 atom stereocenters. The Hall–Kier alpha value is -3.64. The Labute approximate surface area is 207 Å². The Kier molecular flexibility index (Phi) is 8.30. The number of tetrazole rings is 1. The SMILES string of the molecule is CCC(=O)N[C@H]1CN(c2ccc(-c3ccc(-c4nnn(CCN(C)C)n4)nc3)c(F)c2)C(=O)O1.Cl. The zero-order valence-corrected chi connectivity index (χ0v) is 20.3. The van der Waals surface area contributed by atoms with Gasteiger partial charge in [-0.2, -0.15) is 4.80 Å². The summed E-state index contributed by atoms with van der Waals surface area (Å²) >= 11 is 0. The molecule has 1 aliphatic heterocycles. The third-order valence-corrected chi connectivity index (χ3v) is 5.22. The molecule has 1 saturated heterocycles. The van der Waals surface area contributed by atoms with Gasteiger partial charge in [0.15, 0.2) is 6.23 Å². The number of hydrogen-bond donors (Lipinski definition) is 1. The third-order valence-electron chi connectivity index (χ3n) is 5.22. The number of carbonyl (C=O) groups excluding carboxylic acids is 2. The van der Waals surface area contributed by atoms with E-state index < -0.39 is 18.1 Å². The van der Waals surface area contributed by atoms with Gasteiger partial charge in [-0.3, -0.25) is 14.7 Å². The van der Waals surface area contributed by atoms with Gasteiger partial charge in [0.25, 0.3) is 0 Å². The van der Waals surface area contributed by atoms with Crippen LogP contribution >= 0.6 is 12.4 Å². The quantitative estimate of drug-likeness (QED) is 0.496. The minimum absolute atomic E-state index is 0. The molecule has 0 radical (unpaired) electrons. The molecule has 0 bridgehead atoms. The van der Waals surface area contributed by atoms with E-state index in [1.807, 2.05) is 19.0 Å². The molecule has 3 aromatic rings. The molecule has 0 saturated carbocycles. The molecule has 186 valence electrons. The fourth-order valence-corrected chi connectivity index (χ4v) is 3.35. The number of aromatic nitrogens is 5. The number of amides is 2. The molecule has 0 aliphatic carbocycles. The second kappa shape index (κ2) is 11.2. The molecule has 0 unspecified atom stereocenters. The second-order valence-corrected chi connectivity index (χ2v) is 8.01. The number of ether oxygens (including phenoxy) is 1. The van der Waals surface area contributed by atoms with E-state index in [-0.39, 0.29) is 31.3 Å². The van der Waals surface area contributed by atoms with Crippen molar-refractivity contribution in [2.24, 2.45) is 0 Å². The molecule has 1 fully saturated rings. The van der Waals surface area contributed by atoms with Crippen molar-refractivity contribution < 1.29 is 18.7 Å². The molecule has 4 rings (SSSR count). The molecule has 2 aromatic heterocycles. The van der Waals surface area contributed by atoms with Gasteiger partial charge in [-0.1, -0.05) is 13.0 Å². The number of cyclic esters (lactones) is 1. The predicted molar refractivity (Wildman–Crippen MR) is 128 cm³/mol. The normalized spacial score (nSPS) is 15.2. The number of halogens is 2. The molecule has 11 nitrogen and oxygen atoms in total. The molecule has 2 amide bonds. The summed E-state index contributed by atoms with van der Waals surface area (Å²) in [6.45, 7) is 3.18. The zero-order valence-electron chi connectivity index (χ0n) is 19.5. The first-order chi connectivity index (χ1) is 16.3. The Bertz CT molecular complexity index is 1190. The van der Waals surface area contributed by atoms with E-state index in [9.17, 15) is 14.0 Å². The number of carbonyl (C=O) groups is 2. The van der Waals surface area contributed by atoms with Gasteiger partial charge in [0.2, 0.25) is 11.7 Å². The molecular formula is C22H26ClFN8O3. The molecule has 1 N–H and O–H groups in total. The van der Waals surface area contributed by atoms with Crippen molar-refractivity contribution in [2.75, 3.05) is 32.1 Å². The van der Waals surface area contributed by atoms with Gasteiger partial charge in [0.1, 0.15) is 11.5 Å². The highest BCUT2D eigenvalue weighted by atomic mass is 35.5. The first-order valence-corrected chi connectivity index (χ1v) is 10.8. The number of benzene rings is 1. The maximum Gasteiger partial charge on any atom is 0.416 e. The summed E-state index contributed by atoms with van der Waals surface area (Å²) in [5.41, 5.74) is 1.75. The van der Waals surface area contributed by atoms with Crippen molar-refractivity contribution in [3.05, 3.63) is 42.3 Å². The van der Waals surface area contributed by atoms with Crippen molar-refractivity contribution in [3.63, 3.8) is 0 Å². The predicted octanol–water partition coefficient (Wildman–Crippen LogP) is 2.33. The third kappa shape index (κ3) is 6.08. The van der Waals surface area contributed by atoms with Gasteiger partial charge in [0.05, 0.1) is 18.8 Å². The van der Waals surface area contributed by atoms with E-state index >= 15 is 0 Å². The summed E-state index contributed by atoms with van der Waals surface area (Å²) < 4.78 is 20.1. The van der Waals surface area contributed by atoms with E-state index in [0.29, 0.717) is 34.9 Å². The Balaban J connectivity index is 0.00000342. The number of likely N-dealkylation sites (N-methyl/N-ethyl adjacent to an activating group) is 1. The van der Waals surface area contributed by atoms with Gasteiger partial charge >= 0.3 is 6.09 Å². The second-order valence-electron chi connectivity index (χ2n) is 8.01. The summed E-state index contributed by atoms with van der Waals surface area (Å²) in [7, 11) is 3.93. The summed E-state index contributed by atoms with van der Waals surface area (Å²) in [5.74, 6) is -0.365. The van der Waals surface area contributed by atoms with Crippen LogP contribution in [-0.2, 0) is 16.1 Å². The molecule has 1 aromatic carbocycles. The van der Waals surface area contributed by atoms with Crippen LogP contribution in [0, 0.1) is 5.82 Å². The topological polar surface area (TPSA) is 118 Å². The van der Waals surface area contributed by atoms with Crippen molar-refractivity contribution >= 4 is 30.1 Å². The number of pyridine rings is 1. The zero-order chi connectivity index (χ0) is 24.2. The number of nitrogens with one attached hydrogen (secondary N) is 1. The van der Waals surface area contributed by atoms with Gasteiger partial charge in [-0.25, -0.2) is 9.18 Å². The van der Waals surface area contributed by atoms with E-state index in [1.165, 1.54) is 22.0 Å². The Morgan fingerprint density at radius 3 is 2.74 bits per heavy atom. The lowest BCUT2D eigenvalue weighted by atomic mass is 10.1. The highest BCUT2D eigenvalue weighted by Crippen LogP contribution is 2.29. The van der Waals surface area contributed by atoms with Crippen LogP contribution < -0.4 is 10.2 Å².